The average Bonchev–Trinajstić information content (AvgIpc) is 2.53. The number of rotatable bonds is 4. The Morgan fingerprint density at radius 3 is 2.61 bits per heavy atom. The van der Waals surface area contributed by atoms with E-state index >= 15 is 0 Å². The topological polar surface area (TPSA) is 50.1 Å². The lowest BCUT2D eigenvalue weighted by molar-refractivity contribution is -0.150. The summed E-state index contributed by atoms with van der Waals surface area (Å²) in [6, 6.07) is 11.4. The summed E-state index contributed by atoms with van der Waals surface area (Å²) in [5.41, 5.74) is 0.898. The van der Waals surface area contributed by atoms with Crippen molar-refractivity contribution in [1.29, 1.82) is 5.26 Å². The van der Waals surface area contributed by atoms with Gasteiger partial charge in [0, 0.05) is 0 Å². The normalized spacial score (nSPS) is 25.0. The molecule has 1 aromatic rings. The second-order valence-corrected chi connectivity index (χ2v) is 6.85. The van der Waals surface area contributed by atoms with E-state index in [-0.39, 0.29) is 11.7 Å². The van der Waals surface area contributed by atoms with Gasteiger partial charge in [-0.05, 0) is 42.2 Å². The summed E-state index contributed by atoms with van der Waals surface area (Å²) in [4.78, 5) is 12.4. The van der Waals surface area contributed by atoms with Gasteiger partial charge in [0.25, 0.3) is 0 Å². The zero-order valence-corrected chi connectivity index (χ0v) is 14.2. The van der Waals surface area contributed by atoms with Gasteiger partial charge < -0.3 is 4.74 Å². The van der Waals surface area contributed by atoms with Gasteiger partial charge in [0.1, 0.15) is 17.7 Å². The van der Waals surface area contributed by atoms with Gasteiger partial charge in [-0.1, -0.05) is 57.5 Å². The monoisotopic (exact) mass is 311 g/mol. The van der Waals surface area contributed by atoms with Crippen LogP contribution < -0.4 is 0 Å². The van der Waals surface area contributed by atoms with Crippen LogP contribution in [0.3, 0.4) is 0 Å². The van der Waals surface area contributed by atoms with E-state index in [0.29, 0.717) is 17.8 Å². The molecule has 1 aliphatic carbocycles. The first-order valence-electron chi connectivity index (χ1n) is 8.39. The van der Waals surface area contributed by atoms with Gasteiger partial charge in [0.15, 0.2) is 0 Å². The second-order valence-electron chi connectivity index (χ2n) is 6.85. The zero-order chi connectivity index (χ0) is 16.8. The zero-order valence-electron chi connectivity index (χ0n) is 14.2. The molecule has 3 nitrogen and oxygen atoms in total. The fourth-order valence-electron chi connectivity index (χ4n) is 3.30. The Bertz CT molecular complexity index is 598. The van der Waals surface area contributed by atoms with E-state index < -0.39 is 5.97 Å². The molecule has 1 aliphatic rings. The molecule has 0 bridgehead atoms. The molecule has 0 N–H and O–H groups in total. The van der Waals surface area contributed by atoms with E-state index in [1.807, 2.05) is 36.4 Å². The molecule has 2 rings (SSSR count). The third-order valence-electron chi connectivity index (χ3n) is 4.67. The minimum atomic E-state index is -0.499. The highest BCUT2D eigenvalue weighted by Crippen LogP contribution is 2.35. The summed E-state index contributed by atoms with van der Waals surface area (Å²) < 4.78 is 5.73. The molecule has 0 aliphatic heterocycles. The first-order valence-corrected chi connectivity index (χ1v) is 8.39. The van der Waals surface area contributed by atoms with Gasteiger partial charge in [0.05, 0.1) is 0 Å². The first-order chi connectivity index (χ1) is 11.0. The molecule has 0 heterocycles. The van der Waals surface area contributed by atoms with Crippen molar-refractivity contribution in [2.75, 3.05) is 0 Å². The molecule has 0 spiro atoms. The lowest BCUT2D eigenvalue weighted by Gasteiger charge is -2.36. The van der Waals surface area contributed by atoms with Gasteiger partial charge in [-0.2, -0.15) is 5.26 Å². The maximum absolute atomic E-state index is 12.4. The number of hydrogen-bond acceptors (Lipinski definition) is 3. The lowest BCUT2D eigenvalue weighted by Crippen LogP contribution is -2.36. The second kappa shape index (κ2) is 7.97. The van der Waals surface area contributed by atoms with Crippen molar-refractivity contribution < 1.29 is 9.53 Å². The molecule has 3 heteroatoms. The van der Waals surface area contributed by atoms with E-state index in [2.05, 4.69) is 20.8 Å². The molecule has 0 amide bonds. The Labute approximate surface area is 139 Å². The molecule has 3 atom stereocenters. The lowest BCUT2D eigenvalue weighted by atomic mass is 9.75. The SMILES string of the molecule is CC(C)[C@@H]1CC[C@@H](C)C[C@H]1OC(=O)/C(C#N)=C/c1ccccc1. The van der Waals surface area contributed by atoms with E-state index in [1.165, 1.54) is 6.42 Å². The predicted octanol–water partition coefficient (Wildman–Crippen LogP) is 4.60. The van der Waals surface area contributed by atoms with Crippen molar-refractivity contribution in [2.24, 2.45) is 17.8 Å². The third-order valence-corrected chi connectivity index (χ3v) is 4.67. The molecule has 0 radical (unpaired) electrons. The van der Waals surface area contributed by atoms with Crippen LogP contribution in [0.15, 0.2) is 35.9 Å². The molecular formula is C20H25NO2. The number of nitriles is 1. The molecule has 0 unspecified atom stereocenters. The number of nitrogens with zero attached hydrogens (tertiary/aromatic N) is 1. The summed E-state index contributed by atoms with van der Waals surface area (Å²) in [7, 11) is 0. The maximum atomic E-state index is 12.4. The number of benzene rings is 1. The molecule has 0 aromatic heterocycles. The van der Waals surface area contributed by atoms with Crippen LogP contribution in [0.4, 0.5) is 0 Å². The Morgan fingerprint density at radius 1 is 1.30 bits per heavy atom. The molecule has 122 valence electrons. The number of ether oxygens (including phenoxy) is 1. The molecular weight excluding hydrogens is 286 g/mol. The summed E-state index contributed by atoms with van der Waals surface area (Å²) in [6.45, 7) is 6.54. The van der Waals surface area contributed by atoms with Crippen molar-refractivity contribution in [2.45, 2.75) is 46.1 Å². The Kier molecular flexibility index (Phi) is 5.98. The van der Waals surface area contributed by atoms with Crippen molar-refractivity contribution in [1.82, 2.24) is 0 Å². The first kappa shape index (κ1) is 17.3. The average molecular weight is 311 g/mol. The van der Waals surface area contributed by atoms with Gasteiger partial charge in [0.2, 0.25) is 0 Å². The van der Waals surface area contributed by atoms with Crippen LogP contribution in [0.5, 0.6) is 0 Å². The van der Waals surface area contributed by atoms with E-state index in [1.54, 1.807) is 6.08 Å². The van der Waals surface area contributed by atoms with Gasteiger partial charge in [-0.15, -0.1) is 0 Å². The highest BCUT2D eigenvalue weighted by Gasteiger charge is 2.33. The van der Waals surface area contributed by atoms with Crippen LogP contribution >= 0.6 is 0 Å². The maximum Gasteiger partial charge on any atom is 0.349 e. The number of esters is 1. The standard InChI is InChI=1S/C20H25NO2/c1-14(2)18-10-9-15(3)11-19(18)23-20(22)17(13-21)12-16-7-5-4-6-8-16/h4-8,12,14-15,18-19H,9-11H2,1-3H3/b17-12+/t15-,18+,19-/m1/s1. The summed E-state index contributed by atoms with van der Waals surface area (Å²) in [5.74, 6) is 0.920. The Morgan fingerprint density at radius 2 is 2.00 bits per heavy atom. The quantitative estimate of drug-likeness (QED) is 0.464. The minimum absolute atomic E-state index is 0.0666. The molecule has 1 fully saturated rings. The third kappa shape index (κ3) is 4.69. The highest BCUT2D eigenvalue weighted by atomic mass is 16.5. The van der Waals surface area contributed by atoms with Crippen molar-refractivity contribution in [3.63, 3.8) is 0 Å². The highest BCUT2D eigenvalue weighted by molar-refractivity contribution is 5.97. The Balaban J connectivity index is 2.12. The predicted molar refractivity (Wildman–Crippen MR) is 91.3 cm³/mol. The fraction of sp³-hybridized carbons (Fsp3) is 0.500. The van der Waals surface area contributed by atoms with Crippen LogP contribution in [0.2, 0.25) is 0 Å². The van der Waals surface area contributed by atoms with Crippen LogP contribution in [-0.2, 0) is 9.53 Å². The van der Waals surface area contributed by atoms with Crippen molar-refractivity contribution in [3.8, 4) is 6.07 Å². The molecule has 0 saturated heterocycles. The molecule has 23 heavy (non-hydrogen) atoms. The van der Waals surface area contributed by atoms with E-state index in [4.69, 9.17) is 4.74 Å². The van der Waals surface area contributed by atoms with E-state index in [9.17, 15) is 10.1 Å². The number of carbonyl (C=O) groups excluding carboxylic acids is 1. The number of hydrogen-bond donors (Lipinski definition) is 0. The van der Waals surface area contributed by atoms with Gasteiger partial charge in [-0.25, -0.2) is 4.79 Å². The van der Waals surface area contributed by atoms with Gasteiger partial charge in [-0.3, -0.25) is 0 Å². The van der Waals surface area contributed by atoms with Crippen LogP contribution in [0.25, 0.3) is 6.08 Å². The van der Waals surface area contributed by atoms with Crippen LogP contribution in [-0.4, -0.2) is 12.1 Å². The number of carbonyl (C=O) groups is 1. The van der Waals surface area contributed by atoms with Crippen LogP contribution in [0, 0.1) is 29.1 Å². The summed E-state index contributed by atoms with van der Waals surface area (Å²) >= 11 is 0. The summed E-state index contributed by atoms with van der Waals surface area (Å²) in [6.07, 6.45) is 4.67. The molecule has 1 aromatic carbocycles. The van der Waals surface area contributed by atoms with Gasteiger partial charge >= 0.3 is 5.97 Å². The smallest absolute Gasteiger partial charge is 0.349 e. The van der Waals surface area contributed by atoms with E-state index in [0.717, 1.165) is 18.4 Å². The van der Waals surface area contributed by atoms with Crippen LogP contribution in [0.1, 0.15) is 45.6 Å². The minimum Gasteiger partial charge on any atom is -0.458 e. The fourth-order valence-corrected chi connectivity index (χ4v) is 3.30. The van der Waals surface area contributed by atoms with Crippen molar-refractivity contribution >= 4 is 12.0 Å². The Hall–Kier alpha value is -2.08. The largest absolute Gasteiger partial charge is 0.458 e. The molecule has 1 saturated carbocycles. The van der Waals surface area contributed by atoms with Crippen molar-refractivity contribution in [3.05, 3.63) is 41.5 Å². The summed E-state index contributed by atoms with van der Waals surface area (Å²) in [5, 5.41) is 9.30.